The molecule has 1 N–H and O–H groups in total. The predicted molar refractivity (Wildman–Crippen MR) is 84.3 cm³/mol. The van der Waals surface area contributed by atoms with Gasteiger partial charge in [0.05, 0.1) is 21.2 Å². The second-order valence-electron chi connectivity index (χ2n) is 4.11. The lowest BCUT2D eigenvalue weighted by Gasteiger charge is -2.14. The van der Waals surface area contributed by atoms with Gasteiger partial charge in [-0.2, -0.15) is 0 Å². The highest BCUT2D eigenvalue weighted by Crippen LogP contribution is 2.32. The van der Waals surface area contributed by atoms with Crippen molar-refractivity contribution < 1.29 is 5.11 Å². The van der Waals surface area contributed by atoms with E-state index < -0.39 is 6.10 Å². The van der Waals surface area contributed by atoms with Crippen molar-refractivity contribution in [1.82, 2.24) is 0 Å². The molecule has 5 heteroatoms. The van der Waals surface area contributed by atoms with Gasteiger partial charge in [0.15, 0.2) is 0 Å². The standard InChI is InChI=1S/C14H10BrCl3O/c15-10-3-1-2-9(14(10)18)13(19)7-8-4-5-11(16)12(17)6-8/h1-6,13,19H,7H2. The molecular formula is C14H10BrCl3O. The third-order valence-corrected chi connectivity index (χ3v) is 4.80. The van der Waals surface area contributed by atoms with E-state index in [9.17, 15) is 5.11 Å². The molecule has 0 fully saturated rings. The van der Waals surface area contributed by atoms with Gasteiger partial charge >= 0.3 is 0 Å². The Morgan fingerprint density at radius 2 is 1.79 bits per heavy atom. The summed E-state index contributed by atoms with van der Waals surface area (Å²) in [5.41, 5.74) is 1.58. The summed E-state index contributed by atoms with van der Waals surface area (Å²) in [5, 5.41) is 11.8. The Morgan fingerprint density at radius 3 is 2.47 bits per heavy atom. The molecule has 0 aliphatic rings. The van der Waals surface area contributed by atoms with Gasteiger partial charge in [-0.05, 0) is 39.7 Å². The van der Waals surface area contributed by atoms with Gasteiger partial charge in [0.1, 0.15) is 0 Å². The summed E-state index contributed by atoms with van der Waals surface area (Å²) in [6, 6.07) is 10.8. The molecule has 2 aromatic rings. The zero-order valence-corrected chi connectivity index (χ0v) is 13.6. The average molecular weight is 380 g/mol. The molecule has 0 amide bonds. The van der Waals surface area contributed by atoms with Crippen molar-refractivity contribution in [2.75, 3.05) is 0 Å². The van der Waals surface area contributed by atoms with Crippen LogP contribution >= 0.6 is 50.7 Å². The van der Waals surface area contributed by atoms with Crippen LogP contribution in [0, 0.1) is 0 Å². The molecule has 0 saturated carbocycles. The highest BCUT2D eigenvalue weighted by atomic mass is 79.9. The Bertz CT molecular complexity index is 601. The molecule has 0 heterocycles. The molecule has 100 valence electrons. The van der Waals surface area contributed by atoms with Gasteiger partial charge in [-0.25, -0.2) is 0 Å². The molecule has 2 rings (SSSR count). The van der Waals surface area contributed by atoms with Gasteiger partial charge in [0.2, 0.25) is 0 Å². The molecule has 1 atom stereocenters. The molecule has 2 aromatic carbocycles. The number of rotatable bonds is 3. The normalized spacial score (nSPS) is 12.5. The molecule has 1 nitrogen and oxygen atoms in total. The van der Waals surface area contributed by atoms with E-state index in [0.29, 0.717) is 27.1 Å². The predicted octanol–water partition coefficient (Wildman–Crippen LogP) is 5.69. The lowest BCUT2D eigenvalue weighted by Crippen LogP contribution is -2.03. The first-order valence-electron chi connectivity index (χ1n) is 5.55. The Balaban J connectivity index is 2.23. The van der Waals surface area contributed by atoms with E-state index >= 15 is 0 Å². The SMILES string of the molecule is OC(Cc1ccc(Cl)c(Cl)c1)c1cccc(Br)c1Cl. The third kappa shape index (κ3) is 3.65. The Labute approximate surface area is 135 Å². The maximum atomic E-state index is 10.3. The molecule has 1 unspecified atom stereocenters. The fraction of sp³-hybridized carbons (Fsp3) is 0.143. The minimum Gasteiger partial charge on any atom is -0.388 e. The highest BCUT2D eigenvalue weighted by Gasteiger charge is 2.14. The van der Waals surface area contributed by atoms with Crippen LogP contribution in [0.3, 0.4) is 0 Å². The minimum atomic E-state index is -0.692. The largest absolute Gasteiger partial charge is 0.388 e. The minimum absolute atomic E-state index is 0.424. The number of hydrogen-bond acceptors (Lipinski definition) is 1. The van der Waals surface area contributed by atoms with Crippen molar-refractivity contribution in [2.45, 2.75) is 12.5 Å². The van der Waals surface area contributed by atoms with Crippen LogP contribution < -0.4 is 0 Å². The van der Waals surface area contributed by atoms with Crippen molar-refractivity contribution in [3.05, 3.63) is 67.1 Å². The van der Waals surface area contributed by atoms with Crippen molar-refractivity contribution in [1.29, 1.82) is 0 Å². The third-order valence-electron chi connectivity index (χ3n) is 2.75. The van der Waals surface area contributed by atoms with Crippen molar-refractivity contribution in [3.8, 4) is 0 Å². The fourth-order valence-corrected chi connectivity index (χ4v) is 2.73. The van der Waals surface area contributed by atoms with Crippen molar-refractivity contribution in [3.63, 3.8) is 0 Å². The van der Waals surface area contributed by atoms with Crippen molar-refractivity contribution >= 4 is 50.7 Å². The first-order chi connectivity index (χ1) is 8.99. The highest BCUT2D eigenvalue weighted by molar-refractivity contribution is 9.10. The molecule has 0 aliphatic heterocycles. The maximum Gasteiger partial charge on any atom is 0.0845 e. The Hall–Kier alpha value is -0.250. The van der Waals surface area contributed by atoms with Crippen LogP contribution in [-0.4, -0.2) is 5.11 Å². The van der Waals surface area contributed by atoms with Gasteiger partial charge < -0.3 is 5.11 Å². The number of halogens is 4. The van der Waals surface area contributed by atoms with Gasteiger partial charge in [-0.3, -0.25) is 0 Å². The van der Waals surface area contributed by atoms with E-state index in [-0.39, 0.29) is 0 Å². The summed E-state index contributed by atoms with van der Waals surface area (Å²) in [7, 11) is 0. The van der Waals surface area contributed by atoms with E-state index in [1.54, 1.807) is 18.2 Å². The molecule has 19 heavy (non-hydrogen) atoms. The van der Waals surface area contributed by atoms with Crippen LogP contribution in [0.1, 0.15) is 17.2 Å². The second-order valence-corrected chi connectivity index (χ2v) is 6.16. The summed E-state index contributed by atoms with van der Waals surface area (Å²) in [5.74, 6) is 0. The summed E-state index contributed by atoms with van der Waals surface area (Å²) in [4.78, 5) is 0. The van der Waals surface area contributed by atoms with Crippen LogP contribution in [0.15, 0.2) is 40.9 Å². The molecule has 0 bridgehead atoms. The van der Waals surface area contributed by atoms with Crippen LogP contribution in [0.4, 0.5) is 0 Å². The van der Waals surface area contributed by atoms with Crippen LogP contribution in [0.25, 0.3) is 0 Å². The maximum absolute atomic E-state index is 10.3. The van der Waals surface area contributed by atoms with E-state index in [4.69, 9.17) is 34.8 Å². The zero-order chi connectivity index (χ0) is 14.0. The number of aliphatic hydroxyl groups excluding tert-OH is 1. The first kappa shape index (κ1) is 15.1. The van der Waals surface area contributed by atoms with Gasteiger partial charge in [0.25, 0.3) is 0 Å². The zero-order valence-electron chi connectivity index (χ0n) is 9.71. The monoisotopic (exact) mass is 378 g/mol. The molecule has 0 spiro atoms. The van der Waals surface area contributed by atoms with E-state index in [1.165, 1.54) is 0 Å². The summed E-state index contributed by atoms with van der Waals surface area (Å²) in [6.45, 7) is 0. The van der Waals surface area contributed by atoms with Gasteiger partial charge in [0, 0.05) is 16.5 Å². The fourth-order valence-electron chi connectivity index (χ4n) is 1.78. The lowest BCUT2D eigenvalue weighted by molar-refractivity contribution is 0.178. The van der Waals surface area contributed by atoms with E-state index in [1.807, 2.05) is 18.2 Å². The van der Waals surface area contributed by atoms with Gasteiger partial charge in [-0.1, -0.05) is 53.0 Å². The smallest absolute Gasteiger partial charge is 0.0845 e. The first-order valence-corrected chi connectivity index (χ1v) is 7.47. The summed E-state index contributed by atoms with van der Waals surface area (Å²) >= 11 is 21.3. The molecular weight excluding hydrogens is 370 g/mol. The van der Waals surface area contributed by atoms with Gasteiger partial charge in [-0.15, -0.1) is 0 Å². The summed E-state index contributed by atoms with van der Waals surface area (Å²) < 4.78 is 0.764. The summed E-state index contributed by atoms with van der Waals surface area (Å²) in [6.07, 6.45) is -0.269. The Kier molecular flexibility index (Phi) is 5.15. The lowest BCUT2D eigenvalue weighted by atomic mass is 10.0. The Morgan fingerprint density at radius 1 is 1.05 bits per heavy atom. The van der Waals surface area contributed by atoms with Crippen LogP contribution in [0.2, 0.25) is 15.1 Å². The number of aliphatic hydroxyl groups is 1. The van der Waals surface area contributed by atoms with Crippen LogP contribution in [0.5, 0.6) is 0 Å². The molecule has 0 radical (unpaired) electrons. The van der Waals surface area contributed by atoms with E-state index in [0.717, 1.165) is 10.0 Å². The average Bonchev–Trinajstić information content (AvgIpc) is 2.37. The quantitative estimate of drug-likeness (QED) is 0.726. The topological polar surface area (TPSA) is 20.2 Å². The number of benzene rings is 2. The van der Waals surface area contributed by atoms with E-state index in [2.05, 4.69) is 15.9 Å². The number of hydrogen-bond donors (Lipinski definition) is 1. The van der Waals surface area contributed by atoms with Crippen molar-refractivity contribution in [2.24, 2.45) is 0 Å². The molecule has 0 aliphatic carbocycles. The second kappa shape index (κ2) is 6.47. The molecule has 0 aromatic heterocycles. The van der Waals surface area contributed by atoms with Crippen LogP contribution in [-0.2, 0) is 6.42 Å². The molecule has 0 saturated heterocycles.